The van der Waals surface area contributed by atoms with E-state index in [0.29, 0.717) is 18.7 Å². The molecule has 3 atom stereocenters. The SMILES string of the molecule is CCc1cccc(CNC[C@@H](O)[C@H](Cc2cc(F)cc(F)c2)NC(=O)C(O)CC(=O)c2cccc(C(F)(F)F)c2)c1. The number of aliphatic hydroxyl groups is 2. The van der Waals surface area contributed by atoms with Gasteiger partial charge in [0.2, 0.25) is 5.91 Å². The van der Waals surface area contributed by atoms with Crippen molar-refractivity contribution in [1.82, 2.24) is 10.6 Å². The summed E-state index contributed by atoms with van der Waals surface area (Å²) in [6.07, 6.45) is -8.13. The summed E-state index contributed by atoms with van der Waals surface area (Å²) in [4.78, 5) is 25.3. The van der Waals surface area contributed by atoms with Gasteiger partial charge in [0.1, 0.15) is 17.7 Å². The van der Waals surface area contributed by atoms with E-state index in [2.05, 4.69) is 10.6 Å². The minimum absolute atomic E-state index is 0.0433. The fourth-order valence-corrected chi connectivity index (χ4v) is 4.27. The molecule has 1 unspecified atom stereocenters. The molecule has 0 spiro atoms. The summed E-state index contributed by atoms with van der Waals surface area (Å²) in [6.45, 7) is 2.35. The molecule has 3 aromatic carbocycles. The van der Waals surface area contributed by atoms with E-state index in [0.717, 1.165) is 47.9 Å². The van der Waals surface area contributed by atoms with Crippen molar-refractivity contribution in [2.75, 3.05) is 6.54 Å². The molecule has 0 aromatic heterocycles. The van der Waals surface area contributed by atoms with E-state index in [1.807, 2.05) is 31.2 Å². The van der Waals surface area contributed by atoms with Crippen LogP contribution in [0.3, 0.4) is 0 Å². The number of nitrogens with one attached hydrogen (secondary N) is 2. The monoisotopic (exact) mass is 578 g/mol. The summed E-state index contributed by atoms with van der Waals surface area (Å²) in [5, 5.41) is 26.7. The van der Waals surface area contributed by atoms with Crippen LogP contribution in [-0.4, -0.2) is 46.7 Å². The van der Waals surface area contributed by atoms with Gasteiger partial charge in [0.25, 0.3) is 0 Å². The average molecular weight is 579 g/mol. The highest BCUT2D eigenvalue weighted by atomic mass is 19.4. The number of hydrogen-bond donors (Lipinski definition) is 4. The van der Waals surface area contributed by atoms with Crippen LogP contribution in [0.15, 0.2) is 66.7 Å². The molecule has 0 fully saturated rings. The van der Waals surface area contributed by atoms with Crippen LogP contribution in [0.5, 0.6) is 0 Å². The van der Waals surface area contributed by atoms with Gasteiger partial charge >= 0.3 is 6.18 Å². The third kappa shape index (κ3) is 9.73. The zero-order chi connectivity index (χ0) is 30.2. The van der Waals surface area contributed by atoms with Crippen LogP contribution in [0.25, 0.3) is 0 Å². The standard InChI is InChI=1S/C30H31F5N2O4/c1-2-18-5-3-6-19(9-18)16-36-17-28(40)25(12-20-10-23(31)14-24(32)11-20)37-29(41)27(39)15-26(38)21-7-4-8-22(13-21)30(33,34)35/h3-11,13-14,25,27-28,36,39-40H,2,12,15-17H2,1H3,(H,37,41)/t25-,27?,28+/m0/s1. The zero-order valence-corrected chi connectivity index (χ0v) is 22.2. The summed E-state index contributed by atoms with van der Waals surface area (Å²) in [7, 11) is 0. The van der Waals surface area contributed by atoms with E-state index >= 15 is 0 Å². The Morgan fingerprint density at radius 2 is 1.54 bits per heavy atom. The van der Waals surface area contributed by atoms with E-state index in [4.69, 9.17) is 0 Å². The van der Waals surface area contributed by atoms with Gasteiger partial charge in [-0.25, -0.2) is 8.78 Å². The highest BCUT2D eigenvalue weighted by Crippen LogP contribution is 2.29. The number of amides is 1. The molecular weight excluding hydrogens is 547 g/mol. The minimum atomic E-state index is -4.68. The van der Waals surface area contributed by atoms with Crippen LogP contribution < -0.4 is 10.6 Å². The highest BCUT2D eigenvalue weighted by Gasteiger charge is 2.32. The molecule has 6 nitrogen and oxygen atoms in total. The molecule has 3 rings (SSSR count). The van der Waals surface area contributed by atoms with Crippen molar-refractivity contribution < 1.29 is 41.8 Å². The number of Topliss-reactive ketones (excluding diaryl/α,β-unsaturated/α-hetero) is 1. The maximum absolute atomic E-state index is 13.8. The first-order valence-electron chi connectivity index (χ1n) is 13.0. The zero-order valence-electron chi connectivity index (χ0n) is 22.2. The second-order valence-electron chi connectivity index (χ2n) is 9.69. The number of rotatable bonds is 13. The fraction of sp³-hybridized carbons (Fsp3) is 0.333. The predicted octanol–water partition coefficient (Wildman–Crippen LogP) is 4.36. The van der Waals surface area contributed by atoms with Gasteiger partial charge in [-0.3, -0.25) is 9.59 Å². The van der Waals surface area contributed by atoms with Gasteiger partial charge in [-0.2, -0.15) is 13.2 Å². The van der Waals surface area contributed by atoms with Crippen molar-refractivity contribution in [3.8, 4) is 0 Å². The Hall–Kier alpha value is -3.67. The Kier molecular flexibility index (Phi) is 11.1. The maximum atomic E-state index is 13.8. The number of ketones is 1. The van der Waals surface area contributed by atoms with Crippen LogP contribution in [0.4, 0.5) is 22.0 Å². The van der Waals surface area contributed by atoms with Gasteiger partial charge in [0.15, 0.2) is 5.78 Å². The largest absolute Gasteiger partial charge is 0.416 e. The van der Waals surface area contributed by atoms with Gasteiger partial charge in [-0.05, 0) is 53.8 Å². The molecule has 11 heteroatoms. The number of halogens is 5. The lowest BCUT2D eigenvalue weighted by atomic mass is 9.99. The molecule has 3 aromatic rings. The number of alkyl halides is 3. The third-order valence-electron chi connectivity index (χ3n) is 6.45. The van der Waals surface area contributed by atoms with Gasteiger partial charge in [-0.1, -0.05) is 43.3 Å². The summed E-state index contributed by atoms with van der Waals surface area (Å²) in [5.41, 5.74) is 0.804. The van der Waals surface area contributed by atoms with E-state index in [1.165, 1.54) is 0 Å². The van der Waals surface area contributed by atoms with Gasteiger partial charge in [0, 0.05) is 31.1 Å². The van der Waals surface area contributed by atoms with E-state index < -0.39 is 59.7 Å². The maximum Gasteiger partial charge on any atom is 0.416 e. The fourth-order valence-electron chi connectivity index (χ4n) is 4.27. The lowest BCUT2D eigenvalue weighted by Crippen LogP contribution is -2.51. The molecule has 1 amide bonds. The molecular formula is C30H31F5N2O4. The Bertz CT molecular complexity index is 1330. The van der Waals surface area contributed by atoms with Crippen molar-refractivity contribution >= 4 is 11.7 Å². The molecule has 0 heterocycles. The third-order valence-corrected chi connectivity index (χ3v) is 6.45. The molecule has 0 aliphatic rings. The van der Waals surface area contributed by atoms with Crippen molar-refractivity contribution in [3.05, 3.63) is 106 Å². The minimum Gasteiger partial charge on any atom is -0.390 e. The van der Waals surface area contributed by atoms with Gasteiger partial charge in [0.05, 0.1) is 17.7 Å². The molecule has 0 aliphatic carbocycles. The van der Waals surface area contributed by atoms with Gasteiger partial charge < -0.3 is 20.8 Å². The summed E-state index contributed by atoms with van der Waals surface area (Å²) >= 11 is 0. The van der Waals surface area contributed by atoms with Crippen LogP contribution in [0.2, 0.25) is 0 Å². The lowest BCUT2D eigenvalue weighted by molar-refractivity contribution is -0.137. The van der Waals surface area contributed by atoms with Crippen LogP contribution in [0, 0.1) is 11.6 Å². The van der Waals surface area contributed by atoms with Crippen LogP contribution >= 0.6 is 0 Å². The van der Waals surface area contributed by atoms with E-state index in [-0.39, 0.29) is 24.1 Å². The molecule has 0 aliphatic heterocycles. The van der Waals surface area contributed by atoms with E-state index in [1.54, 1.807) is 0 Å². The molecule has 220 valence electrons. The second kappa shape index (κ2) is 14.3. The average Bonchev–Trinajstić information content (AvgIpc) is 2.91. The van der Waals surface area contributed by atoms with Crippen LogP contribution in [-0.2, 0) is 30.4 Å². The Labute approximate surface area is 234 Å². The molecule has 0 saturated carbocycles. The lowest BCUT2D eigenvalue weighted by Gasteiger charge is -2.26. The second-order valence-corrected chi connectivity index (χ2v) is 9.69. The van der Waals surface area contributed by atoms with Crippen molar-refractivity contribution in [2.45, 2.75) is 57.2 Å². The Balaban J connectivity index is 1.69. The highest BCUT2D eigenvalue weighted by molar-refractivity contribution is 5.99. The number of carbonyl (C=O) groups is 2. The normalized spacial score (nSPS) is 13.9. The topological polar surface area (TPSA) is 98.7 Å². The number of benzene rings is 3. The van der Waals surface area contributed by atoms with Crippen molar-refractivity contribution in [2.24, 2.45) is 0 Å². The first-order valence-corrected chi connectivity index (χ1v) is 13.0. The van der Waals surface area contributed by atoms with Crippen molar-refractivity contribution in [3.63, 3.8) is 0 Å². The van der Waals surface area contributed by atoms with Crippen LogP contribution in [0.1, 0.15) is 46.0 Å². The number of carbonyl (C=O) groups excluding carboxylic acids is 2. The summed E-state index contributed by atoms with van der Waals surface area (Å²) < 4.78 is 66.5. The smallest absolute Gasteiger partial charge is 0.390 e. The summed E-state index contributed by atoms with van der Waals surface area (Å²) in [6, 6.07) is 12.9. The number of aliphatic hydroxyl groups excluding tert-OH is 2. The first kappa shape index (κ1) is 31.9. The number of hydrogen-bond acceptors (Lipinski definition) is 5. The van der Waals surface area contributed by atoms with Crippen molar-refractivity contribution in [1.29, 1.82) is 0 Å². The van der Waals surface area contributed by atoms with Gasteiger partial charge in [-0.15, -0.1) is 0 Å². The van der Waals surface area contributed by atoms with E-state index in [9.17, 15) is 41.8 Å². The molecule has 4 N–H and O–H groups in total. The Morgan fingerprint density at radius 1 is 0.878 bits per heavy atom. The molecule has 41 heavy (non-hydrogen) atoms. The molecule has 0 radical (unpaired) electrons. The number of aryl methyl sites for hydroxylation is 1. The first-order chi connectivity index (χ1) is 19.3. The Morgan fingerprint density at radius 3 is 2.20 bits per heavy atom. The molecule has 0 saturated heterocycles. The summed E-state index contributed by atoms with van der Waals surface area (Å²) in [5.74, 6) is -3.71. The molecule has 0 bridgehead atoms. The predicted molar refractivity (Wildman–Crippen MR) is 142 cm³/mol. The quantitative estimate of drug-likeness (QED) is 0.179.